The lowest BCUT2D eigenvalue weighted by atomic mass is 9.70. The quantitative estimate of drug-likeness (QED) is 0.168. The minimum Gasteiger partial charge on any atom is -0.309 e. The molecule has 2 aliphatic rings. The van der Waals surface area contributed by atoms with Crippen LogP contribution >= 0.6 is 11.3 Å². The molecule has 11 aromatic rings. The molecular formula is C59H37NS. The molecule has 0 saturated heterocycles. The summed E-state index contributed by atoms with van der Waals surface area (Å²) in [5.41, 5.74) is 18.4. The first-order valence-corrected chi connectivity index (χ1v) is 21.9. The summed E-state index contributed by atoms with van der Waals surface area (Å²) in [4.78, 5) is 2.61. The molecular weight excluding hydrogens is 755 g/mol. The third kappa shape index (κ3) is 4.77. The molecule has 0 saturated carbocycles. The third-order valence-corrected chi connectivity index (χ3v) is 14.5. The van der Waals surface area contributed by atoms with Gasteiger partial charge >= 0.3 is 0 Å². The fourth-order valence-corrected chi connectivity index (χ4v) is 12.2. The highest BCUT2D eigenvalue weighted by atomic mass is 32.1. The summed E-state index contributed by atoms with van der Waals surface area (Å²) >= 11 is 1.89. The van der Waals surface area contributed by atoms with Gasteiger partial charge in [0.15, 0.2) is 0 Å². The van der Waals surface area contributed by atoms with Crippen LogP contribution in [0.15, 0.2) is 224 Å². The van der Waals surface area contributed by atoms with E-state index in [2.05, 4.69) is 229 Å². The van der Waals surface area contributed by atoms with E-state index in [1.54, 1.807) is 0 Å². The van der Waals surface area contributed by atoms with Crippen LogP contribution < -0.4 is 4.90 Å². The summed E-state index contributed by atoms with van der Waals surface area (Å²) in [6.45, 7) is 0. The number of rotatable bonds is 5. The lowest BCUT2D eigenvalue weighted by Gasteiger charge is -2.33. The highest BCUT2D eigenvalue weighted by Gasteiger charge is 2.52. The van der Waals surface area contributed by atoms with Crippen LogP contribution in [0.4, 0.5) is 17.1 Å². The smallest absolute Gasteiger partial charge is 0.0726 e. The monoisotopic (exact) mass is 791 g/mol. The first-order valence-electron chi connectivity index (χ1n) is 21.1. The Morgan fingerprint density at radius 2 is 0.869 bits per heavy atom. The van der Waals surface area contributed by atoms with Gasteiger partial charge in [0.05, 0.1) is 22.5 Å². The van der Waals surface area contributed by atoms with E-state index in [-0.39, 0.29) is 0 Å². The molecule has 2 heteroatoms. The van der Waals surface area contributed by atoms with Gasteiger partial charge in [-0.15, -0.1) is 11.3 Å². The Bertz CT molecular complexity index is 3510. The maximum absolute atomic E-state index is 2.61. The van der Waals surface area contributed by atoms with Gasteiger partial charge in [-0.05, 0) is 90.7 Å². The standard InChI is InChI=1S/C59H37NS/c1-2-18-39(19-3-1)41-36-37-54(57-47-27-10-15-35-55(47)61-58(41)57)60(52-33-14-9-25-45(52)42-28-16-21-38-20-4-5-22-40(38)42)53-34-17-32-51-56(53)46-26-8-13-31-50(46)59(51)48-29-11-6-23-43(48)44-24-7-12-30-49(44)59/h1-37H. The fourth-order valence-electron chi connectivity index (χ4n) is 10.9. The van der Waals surface area contributed by atoms with Crippen LogP contribution in [-0.4, -0.2) is 0 Å². The Labute approximate surface area is 359 Å². The number of anilines is 3. The van der Waals surface area contributed by atoms with Crippen molar-refractivity contribution in [2.75, 3.05) is 4.90 Å². The molecule has 61 heavy (non-hydrogen) atoms. The summed E-state index contributed by atoms with van der Waals surface area (Å²) in [5, 5.41) is 5.01. The van der Waals surface area contributed by atoms with E-state index >= 15 is 0 Å². The van der Waals surface area contributed by atoms with Crippen LogP contribution in [0, 0.1) is 0 Å². The van der Waals surface area contributed by atoms with Crippen molar-refractivity contribution in [1.29, 1.82) is 0 Å². The molecule has 2 aliphatic carbocycles. The van der Waals surface area contributed by atoms with Gasteiger partial charge in [-0.3, -0.25) is 0 Å². The van der Waals surface area contributed by atoms with Crippen molar-refractivity contribution in [3.8, 4) is 44.5 Å². The number of fused-ring (bicyclic) bond motifs is 14. The minimum atomic E-state index is -0.461. The Morgan fingerprint density at radius 1 is 0.328 bits per heavy atom. The third-order valence-electron chi connectivity index (χ3n) is 13.3. The van der Waals surface area contributed by atoms with E-state index < -0.39 is 5.41 Å². The van der Waals surface area contributed by atoms with Crippen LogP contribution in [0.5, 0.6) is 0 Å². The van der Waals surface area contributed by atoms with Crippen molar-refractivity contribution in [3.05, 3.63) is 247 Å². The van der Waals surface area contributed by atoms with E-state index in [0.717, 1.165) is 5.69 Å². The highest BCUT2D eigenvalue weighted by molar-refractivity contribution is 7.26. The first-order chi connectivity index (χ1) is 30.3. The van der Waals surface area contributed by atoms with Crippen LogP contribution in [0.25, 0.3) is 75.5 Å². The lowest BCUT2D eigenvalue weighted by Crippen LogP contribution is -2.26. The molecule has 1 heterocycles. The van der Waals surface area contributed by atoms with Crippen LogP contribution in [0.1, 0.15) is 22.3 Å². The molecule has 0 N–H and O–H groups in total. The van der Waals surface area contributed by atoms with Crippen LogP contribution in [0.3, 0.4) is 0 Å². The van der Waals surface area contributed by atoms with Gasteiger partial charge in [0, 0.05) is 31.3 Å². The Kier molecular flexibility index (Phi) is 7.46. The summed E-state index contributed by atoms with van der Waals surface area (Å²) in [6, 6.07) is 83.6. The highest BCUT2D eigenvalue weighted by Crippen LogP contribution is 2.65. The molecule has 10 aromatic carbocycles. The van der Waals surface area contributed by atoms with E-state index in [9.17, 15) is 0 Å². The van der Waals surface area contributed by atoms with E-state index in [1.165, 1.54) is 109 Å². The molecule has 0 bridgehead atoms. The molecule has 0 radical (unpaired) electrons. The molecule has 1 nitrogen and oxygen atoms in total. The molecule has 0 unspecified atom stereocenters. The van der Waals surface area contributed by atoms with Gasteiger partial charge in [0.2, 0.25) is 0 Å². The van der Waals surface area contributed by atoms with E-state index in [4.69, 9.17) is 0 Å². The number of thiophene rings is 1. The maximum Gasteiger partial charge on any atom is 0.0726 e. The van der Waals surface area contributed by atoms with Crippen molar-refractivity contribution < 1.29 is 0 Å². The topological polar surface area (TPSA) is 3.24 Å². The Morgan fingerprint density at radius 3 is 1.66 bits per heavy atom. The van der Waals surface area contributed by atoms with Gasteiger partial charge in [-0.2, -0.15) is 0 Å². The normalized spacial score (nSPS) is 13.0. The predicted octanol–water partition coefficient (Wildman–Crippen LogP) is 16.4. The van der Waals surface area contributed by atoms with Crippen molar-refractivity contribution in [2.45, 2.75) is 5.41 Å². The second kappa shape index (κ2) is 13.2. The number of hydrogen-bond donors (Lipinski definition) is 0. The molecule has 0 atom stereocenters. The van der Waals surface area contributed by atoms with Crippen molar-refractivity contribution in [3.63, 3.8) is 0 Å². The zero-order chi connectivity index (χ0) is 40.1. The van der Waals surface area contributed by atoms with Gasteiger partial charge in [-0.1, -0.05) is 200 Å². The largest absolute Gasteiger partial charge is 0.309 e. The lowest BCUT2D eigenvalue weighted by molar-refractivity contribution is 0.794. The summed E-state index contributed by atoms with van der Waals surface area (Å²) in [7, 11) is 0. The number of para-hydroxylation sites is 1. The maximum atomic E-state index is 2.61. The average Bonchev–Trinajstić information content (AvgIpc) is 3.97. The van der Waals surface area contributed by atoms with E-state index in [1.807, 2.05) is 11.3 Å². The van der Waals surface area contributed by atoms with Crippen molar-refractivity contribution in [1.82, 2.24) is 0 Å². The molecule has 0 amide bonds. The Balaban J connectivity index is 1.18. The second-order valence-electron chi connectivity index (χ2n) is 16.3. The van der Waals surface area contributed by atoms with Gasteiger partial charge in [0.25, 0.3) is 0 Å². The second-order valence-corrected chi connectivity index (χ2v) is 17.3. The number of hydrogen-bond acceptors (Lipinski definition) is 2. The summed E-state index contributed by atoms with van der Waals surface area (Å²) < 4.78 is 2.58. The van der Waals surface area contributed by atoms with Gasteiger partial charge < -0.3 is 4.90 Å². The van der Waals surface area contributed by atoms with Crippen LogP contribution in [-0.2, 0) is 5.41 Å². The molecule has 0 aliphatic heterocycles. The first kappa shape index (κ1) is 34.4. The summed E-state index contributed by atoms with van der Waals surface area (Å²) in [6.07, 6.45) is 0. The zero-order valence-corrected chi connectivity index (χ0v) is 34.0. The fraction of sp³-hybridized carbons (Fsp3) is 0.0169. The number of nitrogens with zero attached hydrogens (tertiary/aromatic N) is 1. The molecule has 1 aromatic heterocycles. The van der Waals surface area contributed by atoms with Crippen molar-refractivity contribution in [2.24, 2.45) is 0 Å². The zero-order valence-electron chi connectivity index (χ0n) is 33.2. The predicted molar refractivity (Wildman–Crippen MR) is 259 cm³/mol. The SMILES string of the molecule is c1ccc(-c2ccc(N(c3ccccc3-c3cccc4ccccc34)c3cccc4c3-c3ccccc3C43c4ccccc4-c4ccccc43)c3c2sc2ccccc23)cc1. The summed E-state index contributed by atoms with van der Waals surface area (Å²) in [5.74, 6) is 0. The van der Waals surface area contributed by atoms with Gasteiger partial charge in [0.1, 0.15) is 0 Å². The molecule has 0 fully saturated rings. The number of benzene rings is 10. The van der Waals surface area contributed by atoms with Crippen LogP contribution in [0.2, 0.25) is 0 Å². The minimum absolute atomic E-state index is 0.461. The molecule has 1 spiro atoms. The van der Waals surface area contributed by atoms with E-state index in [0.29, 0.717) is 0 Å². The molecule has 13 rings (SSSR count). The Hall–Kier alpha value is -7.52. The molecule has 284 valence electrons. The van der Waals surface area contributed by atoms with Crippen molar-refractivity contribution >= 4 is 59.3 Å². The van der Waals surface area contributed by atoms with Gasteiger partial charge in [-0.25, -0.2) is 0 Å². The average molecular weight is 792 g/mol.